The van der Waals surface area contributed by atoms with Gasteiger partial charge in [-0.1, -0.05) is 30.6 Å². The molecule has 9 nitrogen and oxygen atoms in total. The van der Waals surface area contributed by atoms with Crippen molar-refractivity contribution < 1.29 is 9.26 Å². The molecule has 29 heavy (non-hydrogen) atoms. The number of aromatic amines is 1. The number of hydrogen-bond donors (Lipinski definition) is 1. The summed E-state index contributed by atoms with van der Waals surface area (Å²) >= 11 is 0. The number of fused-ring (bicyclic) bond motifs is 1. The third-order valence-corrected chi connectivity index (χ3v) is 4.49. The molecule has 4 aromatic rings. The van der Waals surface area contributed by atoms with Crippen LogP contribution in [0.2, 0.25) is 0 Å². The molecule has 3 aromatic heterocycles. The number of ether oxygens (including phenoxy) is 1. The van der Waals surface area contributed by atoms with Crippen LogP contribution < -0.4 is 10.3 Å². The number of para-hydroxylation sites is 1. The van der Waals surface area contributed by atoms with E-state index in [1.54, 1.807) is 11.6 Å². The van der Waals surface area contributed by atoms with Crippen molar-refractivity contribution in [2.75, 3.05) is 6.61 Å². The topological polar surface area (TPSA) is 112 Å². The van der Waals surface area contributed by atoms with Gasteiger partial charge in [0.25, 0.3) is 5.56 Å². The third-order valence-electron chi connectivity index (χ3n) is 4.49. The van der Waals surface area contributed by atoms with E-state index in [1.165, 1.54) is 0 Å². The zero-order chi connectivity index (χ0) is 20.4. The average molecular weight is 394 g/mol. The van der Waals surface area contributed by atoms with E-state index in [0.717, 1.165) is 24.1 Å². The zero-order valence-electron chi connectivity index (χ0n) is 16.6. The van der Waals surface area contributed by atoms with Gasteiger partial charge in [-0.05, 0) is 25.5 Å². The Labute approximate surface area is 166 Å². The van der Waals surface area contributed by atoms with Gasteiger partial charge in [-0.2, -0.15) is 10.1 Å². The molecule has 0 aliphatic heterocycles. The molecule has 0 saturated carbocycles. The first kappa shape index (κ1) is 18.9. The smallest absolute Gasteiger partial charge is 0.279 e. The quantitative estimate of drug-likeness (QED) is 0.513. The number of benzene rings is 1. The first-order valence-corrected chi connectivity index (χ1v) is 9.61. The largest absolute Gasteiger partial charge is 0.493 e. The number of nitrogens with zero attached hydrogens (tertiary/aromatic N) is 5. The Balaban J connectivity index is 1.86. The highest BCUT2D eigenvalue weighted by Gasteiger charge is 2.19. The molecule has 0 aliphatic rings. The molecular formula is C20H22N6O3. The zero-order valence-corrected chi connectivity index (χ0v) is 16.6. The van der Waals surface area contributed by atoms with E-state index in [0.29, 0.717) is 47.5 Å². The van der Waals surface area contributed by atoms with E-state index in [-0.39, 0.29) is 5.56 Å². The fourth-order valence-electron chi connectivity index (χ4n) is 3.29. The van der Waals surface area contributed by atoms with E-state index in [4.69, 9.17) is 14.2 Å². The molecule has 0 amide bonds. The number of nitrogens with one attached hydrogen (secondary N) is 1. The first-order chi connectivity index (χ1) is 14.1. The SMILES string of the molecule is CCCc1c2nc(-c3ccccc3OCC)[nH]c(=O)c2nn1Cc1noc(C)n1. The molecule has 0 spiro atoms. The number of aryl methyl sites for hydroxylation is 2. The monoisotopic (exact) mass is 394 g/mol. The van der Waals surface area contributed by atoms with Crippen LogP contribution in [0.25, 0.3) is 22.4 Å². The molecule has 4 rings (SSSR count). The maximum Gasteiger partial charge on any atom is 0.279 e. The lowest BCUT2D eigenvalue weighted by molar-refractivity contribution is 0.341. The van der Waals surface area contributed by atoms with Crippen LogP contribution in [0.4, 0.5) is 0 Å². The van der Waals surface area contributed by atoms with Crippen molar-refractivity contribution in [1.29, 1.82) is 0 Å². The van der Waals surface area contributed by atoms with Crippen molar-refractivity contribution >= 4 is 11.0 Å². The Bertz CT molecular complexity index is 1210. The van der Waals surface area contributed by atoms with Gasteiger partial charge in [0.05, 0.1) is 17.9 Å². The summed E-state index contributed by atoms with van der Waals surface area (Å²) in [6.45, 7) is 6.55. The van der Waals surface area contributed by atoms with Crippen LogP contribution in [0.15, 0.2) is 33.6 Å². The predicted octanol–water partition coefficient (Wildman–Crippen LogP) is 2.88. The van der Waals surface area contributed by atoms with Crippen LogP contribution in [0.1, 0.15) is 37.7 Å². The van der Waals surface area contributed by atoms with Gasteiger partial charge in [-0.15, -0.1) is 0 Å². The van der Waals surface area contributed by atoms with Gasteiger partial charge in [-0.3, -0.25) is 9.48 Å². The first-order valence-electron chi connectivity index (χ1n) is 9.61. The minimum absolute atomic E-state index is 0.295. The molecule has 0 bridgehead atoms. The molecule has 0 saturated heterocycles. The Kier molecular flexibility index (Phi) is 5.11. The van der Waals surface area contributed by atoms with Gasteiger partial charge >= 0.3 is 0 Å². The molecular weight excluding hydrogens is 372 g/mol. The molecule has 0 aliphatic carbocycles. The summed E-state index contributed by atoms with van der Waals surface area (Å²) < 4.78 is 12.5. The van der Waals surface area contributed by atoms with Crippen LogP contribution in [0, 0.1) is 6.92 Å². The molecule has 0 radical (unpaired) electrons. The molecule has 0 unspecified atom stereocenters. The highest BCUT2D eigenvalue weighted by atomic mass is 16.5. The second kappa shape index (κ2) is 7.86. The number of hydrogen-bond acceptors (Lipinski definition) is 7. The highest BCUT2D eigenvalue weighted by Crippen LogP contribution is 2.28. The van der Waals surface area contributed by atoms with Crippen molar-refractivity contribution in [3.63, 3.8) is 0 Å². The third kappa shape index (κ3) is 3.63. The summed E-state index contributed by atoms with van der Waals surface area (Å²) in [5, 5.41) is 8.42. The van der Waals surface area contributed by atoms with Gasteiger partial charge in [-0.25, -0.2) is 4.98 Å². The van der Waals surface area contributed by atoms with Gasteiger partial charge < -0.3 is 14.2 Å². The molecule has 1 aromatic carbocycles. The molecule has 9 heteroatoms. The summed E-state index contributed by atoms with van der Waals surface area (Å²) in [5.41, 5.74) is 2.18. The molecule has 150 valence electrons. The maximum absolute atomic E-state index is 12.8. The van der Waals surface area contributed by atoms with Crippen molar-refractivity contribution in [3.05, 3.63) is 52.0 Å². The summed E-state index contributed by atoms with van der Waals surface area (Å²) in [7, 11) is 0. The Morgan fingerprint density at radius 3 is 2.72 bits per heavy atom. The fraction of sp³-hybridized carbons (Fsp3) is 0.350. The van der Waals surface area contributed by atoms with Crippen LogP contribution in [0.5, 0.6) is 5.75 Å². The Hall–Kier alpha value is -3.49. The minimum atomic E-state index is -0.295. The second-order valence-electron chi connectivity index (χ2n) is 6.62. The number of rotatable bonds is 7. The molecule has 0 atom stereocenters. The van der Waals surface area contributed by atoms with Gasteiger partial charge in [0.2, 0.25) is 5.89 Å². The normalized spacial score (nSPS) is 11.3. The second-order valence-corrected chi connectivity index (χ2v) is 6.62. The van der Waals surface area contributed by atoms with Crippen LogP contribution in [0.3, 0.4) is 0 Å². The van der Waals surface area contributed by atoms with E-state index < -0.39 is 0 Å². The fourth-order valence-corrected chi connectivity index (χ4v) is 3.29. The van der Waals surface area contributed by atoms with E-state index in [1.807, 2.05) is 31.2 Å². The summed E-state index contributed by atoms with van der Waals surface area (Å²) in [6, 6.07) is 7.51. The van der Waals surface area contributed by atoms with Crippen molar-refractivity contribution in [2.45, 2.75) is 40.2 Å². The van der Waals surface area contributed by atoms with Crippen molar-refractivity contribution in [3.8, 4) is 17.1 Å². The van der Waals surface area contributed by atoms with Gasteiger partial charge in [0.1, 0.15) is 23.6 Å². The van der Waals surface area contributed by atoms with E-state index in [2.05, 4.69) is 27.1 Å². The standard InChI is InChI=1S/C20H22N6O3/c1-4-8-14-17-18(24-26(14)11-16-21-12(3)29-25-16)20(27)23-19(22-17)13-9-6-7-10-15(13)28-5-2/h6-7,9-10H,4-5,8,11H2,1-3H3,(H,22,23,27). The van der Waals surface area contributed by atoms with Gasteiger partial charge in [0, 0.05) is 6.92 Å². The van der Waals surface area contributed by atoms with Crippen LogP contribution in [-0.2, 0) is 13.0 Å². The highest BCUT2D eigenvalue weighted by molar-refractivity contribution is 5.79. The maximum atomic E-state index is 12.8. The lowest BCUT2D eigenvalue weighted by atomic mass is 10.1. The van der Waals surface area contributed by atoms with E-state index >= 15 is 0 Å². The summed E-state index contributed by atoms with van der Waals surface area (Å²) in [6.07, 6.45) is 1.60. The summed E-state index contributed by atoms with van der Waals surface area (Å²) in [4.78, 5) is 24.6. The Morgan fingerprint density at radius 1 is 1.17 bits per heavy atom. The molecule has 0 fully saturated rings. The number of aromatic nitrogens is 6. The van der Waals surface area contributed by atoms with Gasteiger partial charge in [0.15, 0.2) is 11.3 Å². The lowest BCUT2D eigenvalue weighted by Crippen LogP contribution is -2.10. The number of H-pyrrole nitrogens is 1. The molecule has 1 N–H and O–H groups in total. The van der Waals surface area contributed by atoms with Crippen LogP contribution >= 0.6 is 0 Å². The minimum Gasteiger partial charge on any atom is -0.493 e. The molecule has 3 heterocycles. The average Bonchev–Trinajstić information content (AvgIpc) is 3.27. The van der Waals surface area contributed by atoms with Crippen molar-refractivity contribution in [1.82, 2.24) is 29.9 Å². The Morgan fingerprint density at radius 2 is 2.00 bits per heavy atom. The lowest BCUT2D eigenvalue weighted by Gasteiger charge is -2.09. The predicted molar refractivity (Wildman–Crippen MR) is 107 cm³/mol. The van der Waals surface area contributed by atoms with Crippen LogP contribution in [-0.4, -0.2) is 36.5 Å². The summed E-state index contributed by atoms with van der Waals surface area (Å²) in [5.74, 6) is 2.12. The van der Waals surface area contributed by atoms with Crippen molar-refractivity contribution in [2.24, 2.45) is 0 Å². The van der Waals surface area contributed by atoms with E-state index in [9.17, 15) is 4.79 Å².